The third-order valence-electron chi connectivity index (χ3n) is 3.89. The molecule has 0 radical (unpaired) electrons. The summed E-state index contributed by atoms with van der Waals surface area (Å²) in [5.74, 6) is 0.505. The molecule has 21 heavy (non-hydrogen) atoms. The summed E-state index contributed by atoms with van der Waals surface area (Å²) < 4.78 is 0. The molecule has 1 saturated heterocycles. The predicted octanol–water partition coefficient (Wildman–Crippen LogP) is -1.14. The Morgan fingerprint density at radius 1 is 1.33 bits per heavy atom. The average Bonchev–Trinajstić information content (AvgIpc) is 3.17. The molecule has 7 heteroatoms. The lowest BCUT2D eigenvalue weighted by Crippen LogP contribution is -2.44. The molecule has 7 nitrogen and oxygen atoms in total. The first kappa shape index (κ1) is 15.7. The van der Waals surface area contributed by atoms with Gasteiger partial charge < -0.3 is 33.2 Å². The smallest absolute Gasteiger partial charge is 0.256 e. The molecule has 1 amide bonds. The molecule has 2 unspecified atom stereocenters. The van der Waals surface area contributed by atoms with Crippen LogP contribution in [-0.4, -0.2) is 36.1 Å². The number of likely N-dealkylation sites (tertiary alicyclic amines) is 1. The average molecular weight is 294 g/mol. The van der Waals surface area contributed by atoms with Crippen LogP contribution in [0.1, 0.15) is 26.2 Å². The van der Waals surface area contributed by atoms with Crippen LogP contribution in [0.3, 0.4) is 0 Å². The second-order valence-electron chi connectivity index (χ2n) is 6.02. The van der Waals surface area contributed by atoms with Gasteiger partial charge in [-0.1, -0.05) is 0 Å². The topological polar surface area (TPSA) is 136 Å². The number of hydrogen-bond acceptors (Lipinski definition) is 6. The zero-order valence-electron chi connectivity index (χ0n) is 12.5. The predicted molar refractivity (Wildman–Crippen MR) is 82.2 cm³/mol. The van der Waals surface area contributed by atoms with Gasteiger partial charge in [0.1, 0.15) is 5.82 Å². The molecule has 1 heterocycles. The summed E-state index contributed by atoms with van der Waals surface area (Å²) in [4.78, 5) is 14.3. The number of amides is 1. The van der Waals surface area contributed by atoms with Crippen molar-refractivity contribution in [3.05, 3.63) is 23.2 Å². The van der Waals surface area contributed by atoms with E-state index in [0.29, 0.717) is 29.6 Å². The maximum absolute atomic E-state index is 12.4. The van der Waals surface area contributed by atoms with E-state index in [1.54, 1.807) is 13.0 Å². The summed E-state index contributed by atoms with van der Waals surface area (Å²) >= 11 is 0. The molecule has 2 fully saturated rings. The van der Waals surface area contributed by atoms with Gasteiger partial charge in [-0.2, -0.15) is 0 Å². The van der Waals surface area contributed by atoms with Crippen LogP contribution in [0.2, 0.25) is 0 Å². The summed E-state index contributed by atoms with van der Waals surface area (Å²) in [6.45, 7) is 3.11. The van der Waals surface area contributed by atoms with Crippen LogP contribution in [0.5, 0.6) is 0 Å². The molecule has 1 aliphatic carbocycles. The van der Waals surface area contributed by atoms with Crippen molar-refractivity contribution in [2.75, 3.05) is 13.1 Å². The Morgan fingerprint density at radius 2 is 2.00 bits per heavy atom. The van der Waals surface area contributed by atoms with Crippen molar-refractivity contribution in [1.29, 1.82) is 0 Å². The molecule has 1 saturated carbocycles. The van der Waals surface area contributed by atoms with E-state index in [1.807, 2.05) is 4.90 Å². The lowest BCUT2D eigenvalue weighted by molar-refractivity contribution is -0.118. The van der Waals surface area contributed by atoms with E-state index in [4.69, 9.17) is 22.9 Å². The fourth-order valence-electron chi connectivity index (χ4n) is 2.46. The first-order valence-electron chi connectivity index (χ1n) is 7.39. The molecule has 2 rings (SSSR count). The van der Waals surface area contributed by atoms with Crippen LogP contribution in [0.4, 0.5) is 0 Å². The van der Waals surface area contributed by atoms with Gasteiger partial charge in [-0.05, 0) is 38.2 Å². The highest BCUT2D eigenvalue weighted by Gasteiger charge is 2.31. The molecule has 0 spiro atoms. The van der Waals surface area contributed by atoms with Crippen LogP contribution in [0.25, 0.3) is 0 Å². The van der Waals surface area contributed by atoms with Crippen molar-refractivity contribution in [3.8, 4) is 0 Å². The number of rotatable bonds is 5. The van der Waals surface area contributed by atoms with Gasteiger partial charge in [-0.25, -0.2) is 0 Å². The maximum Gasteiger partial charge on any atom is 0.256 e. The minimum Gasteiger partial charge on any atom is -0.402 e. The van der Waals surface area contributed by atoms with E-state index in [1.165, 1.54) is 0 Å². The Labute approximate surface area is 125 Å². The molecule has 118 valence electrons. The highest BCUT2D eigenvalue weighted by atomic mass is 16.1. The lowest BCUT2D eigenvalue weighted by atomic mass is 10.2. The van der Waals surface area contributed by atoms with Crippen molar-refractivity contribution >= 4 is 5.91 Å². The van der Waals surface area contributed by atoms with Gasteiger partial charge in [0.2, 0.25) is 0 Å². The maximum atomic E-state index is 12.4. The van der Waals surface area contributed by atoms with Gasteiger partial charge in [0.15, 0.2) is 0 Å². The molecule has 0 aromatic carbocycles. The van der Waals surface area contributed by atoms with Crippen LogP contribution in [-0.2, 0) is 4.79 Å². The third-order valence-corrected chi connectivity index (χ3v) is 3.89. The largest absolute Gasteiger partial charge is 0.402 e. The lowest BCUT2D eigenvalue weighted by Gasteiger charge is -2.22. The molecule has 9 N–H and O–H groups in total. The van der Waals surface area contributed by atoms with Crippen LogP contribution < -0.4 is 28.3 Å². The van der Waals surface area contributed by atoms with Crippen LogP contribution in [0, 0.1) is 5.92 Å². The Bertz CT molecular complexity index is 464. The molecule has 0 bridgehead atoms. The molecule has 2 aliphatic rings. The van der Waals surface area contributed by atoms with Gasteiger partial charge in [0, 0.05) is 24.8 Å². The summed E-state index contributed by atoms with van der Waals surface area (Å²) in [5.41, 5.74) is 24.6. The normalized spacial score (nSPS) is 25.6. The summed E-state index contributed by atoms with van der Waals surface area (Å²) in [6, 6.07) is 0.0875. The number of carbonyl (C=O) groups is 1. The Balaban J connectivity index is 2.16. The molecule has 0 aromatic heterocycles. The highest BCUT2D eigenvalue weighted by Crippen LogP contribution is 2.30. The standard InChI is InChI=1S/C14H26N6O/c1-8(15)6-11(13(18)20-5-4-10(16)7-20)14(21)19-12(17)9-2-3-9/h6,9-10,12H,2-5,7,15-18H2,1H3,(H,19,21)/b8-6-,13-11-. The van der Waals surface area contributed by atoms with Gasteiger partial charge in [0.25, 0.3) is 5.91 Å². The first-order chi connectivity index (χ1) is 9.88. The van der Waals surface area contributed by atoms with Crippen molar-refractivity contribution in [1.82, 2.24) is 10.2 Å². The fraction of sp³-hybridized carbons (Fsp3) is 0.643. The second-order valence-corrected chi connectivity index (χ2v) is 6.02. The fourth-order valence-corrected chi connectivity index (χ4v) is 2.46. The first-order valence-corrected chi connectivity index (χ1v) is 7.39. The highest BCUT2D eigenvalue weighted by molar-refractivity contribution is 5.97. The van der Waals surface area contributed by atoms with E-state index < -0.39 is 0 Å². The Morgan fingerprint density at radius 3 is 2.48 bits per heavy atom. The number of nitrogens with one attached hydrogen (secondary N) is 1. The second kappa shape index (κ2) is 6.36. The summed E-state index contributed by atoms with van der Waals surface area (Å²) in [5, 5.41) is 2.81. The van der Waals surface area contributed by atoms with Crippen molar-refractivity contribution in [2.24, 2.45) is 28.9 Å². The molecular weight excluding hydrogens is 268 g/mol. The molecule has 1 aliphatic heterocycles. The van der Waals surface area contributed by atoms with Gasteiger partial charge >= 0.3 is 0 Å². The number of carbonyl (C=O) groups excluding carboxylic acids is 1. The minimum atomic E-state index is -0.326. The van der Waals surface area contributed by atoms with Gasteiger partial charge in [-0.3, -0.25) is 4.79 Å². The third kappa shape index (κ3) is 4.12. The van der Waals surface area contributed by atoms with E-state index in [-0.39, 0.29) is 18.1 Å². The summed E-state index contributed by atoms with van der Waals surface area (Å²) in [6.07, 6.45) is 4.25. The van der Waals surface area contributed by atoms with Crippen molar-refractivity contribution in [3.63, 3.8) is 0 Å². The number of hydrogen-bond donors (Lipinski definition) is 5. The zero-order valence-corrected chi connectivity index (χ0v) is 12.5. The van der Waals surface area contributed by atoms with Gasteiger partial charge in [0.05, 0.1) is 11.7 Å². The van der Waals surface area contributed by atoms with E-state index >= 15 is 0 Å². The minimum absolute atomic E-state index is 0.0875. The summed E-state index contributed by atoms with van der Waals surface area (Å²) in [7, 11) is 0. The van der Waals surface area contributed by atoms with Crippen LogP contribution >= 0.6 is 0 Å². The zero-order chi connectivity index (χ0) is 15.6. The van der Waals surface area contributed by atoms with E-state index in [9.17, 15) is 4.79 Å². The quantitative estimate of drug-likeness (QED) is 0.247. The van der Waals surface area contributed by atoms with E-state index in [2.05, 4.69) is 5.32 Å². The van der Waals surface area contributed by atoms with E-state index in [0.717, 1.165) is 25.8 Å². The van der Waals surface area contributed by atoms with Gasteiger partial charge in [-0.15, -0.1) is 0 Å². The van der Waals surface area contributed by atoms with Crippen molar-refractivity contribution < 1.29 is 4.79 Å². The molecule has 2 atom stereocenters. The number of nitrogens with two attached hydrogens (primary N) is 4. The SMILES string of the molecule is C/C(N)=C/C(C(=O)NC(N)C1CC1)=C(\N)N1CCC(N)C1. The van der Waals surface area contributed by atoms with Crippen molar-refractivity contribution in [2.45, 2.75) is 38.4 Å². The number of nitrogens with zero attached hydrogens (tertiary/aromatic N) is 1. The van der Waals surface area contributed by atoms with Crippen LogP contribution in [0.15, 0.2) is 23.2 Å². The Hall–Kier alpha value is -1.73. The Kier molecular flexibility index (Phi) is 4.74. The monoisotopic (exact) mass is 294 g/mol. The molecular formula is C14H26N6O. The molecule has 0 aromatic rings. The number of allylic oxidation sites excluding steroid dienone is 1.